The summed E-state index contributed by atoms with van der Waals surface area (Å²) in [4.78, 5) is 30.0. The highest BCUT2D eigenvalue weighted by atomic mass is 19.1. The zero-order valence-corrected chi connectivity index (χ0v) is 36.7. The van der Waals surface area contributed by atoms with E-state index in [0.717, 1.165) is 55.7 Å². The first kappa shape index (κ1) is 45.5. The Morgan fingerprint density at radius 2 is 1.68 bits per heavy atom. The van der Waals surface area contributed by atoms with E-state index >= 15 is 4.39 Å². The normalized spacial score (nSPS) is 23.4. The van der Waals surface area contributed by atoms with E-state index in [1.54, 1.807) is 31.2 Å². The summed E-state index contributed by atoms with van der Waals surface area (Å²) in [6.07, 6.45) is 3.64. The Morgan fingerprint density at radius 3 is 2.32 bits per heavy atom. The maximum Gasteiger partial charge on any atom is 0.410 e. The molecule has 5 N–H and O–H groups in total. The molecule has 348 valence electrons. The number of aromatic nitrogens is 3. The van der Waals surface area contributed by atoms with Gasteiger partial charge in [0.2, 0.25) is 12.6 Å². The number of carbonyl (C=O) groups is 2. The Balaban J connectivity index is 0.823. The predicted molar refractivity (Wildman–Crippen MR) is 234 cm³/mol. The van der Waals surface area contributed by atoms with Gasteiger partial charge in [-0.15, -0.1) is 4.68 Å². The van der Waals surface area contributed by atoms with Gasteiger partial charge in [-0.2, -0.15) is 9.67 Å². The highest BCUT2D eigenvalue weighted by Gasteiger charge is 2.53. The summed E-state index contributed by atoms with van der Waals surface area (Å²) < 4.78 is 56.5. The molecular weight excluding hydrogens is 847 g/mol. The molecule has 3 fully saturated rings. The highest BCUT2D eigenvalue weighted by Crippen LogP contribution is 2.42. The number of nitrogens with two attached hydrogens (primary N) is 1. The Hall–Kier alpha value is -6.09. The van der Waals surface area contributed by atoms with Crippen molar-refractivity contribution in [3.8, 4) is 5.75 Å². The molecule has 3 saturated heterocycles. The first-order valence-electron chi connectivity index (χ1n) is 22.0. The summed E-state index contributed by atoms with van der Waals surface area (Å²) in [6, 6.07) is 18.7. The molecule has 0 saturated carbocycles. The monoisotopic (exact) mass is 903 g/mol. The molecular formula is C45H57F2N10O8+. The quantitative estimate of drug-likeness (QED) is 0.0832. The number of amides is 1. The van der Waals surface area contributed by atoms with Gasteiger partial charge < -0.3 is 54.9 Å². The first-order chi connectivity index (χ1) is 31.3. The van der Waals surface area contributed by atoms with Gasteiger partial charge in [-0.05, 0) is 80.8 Å². The fourth-order valence-electron chi connectivity index (χ4n) is 8.79. The molecule has 1 aromatic heterocycles. The van der Waals surface area contributed by atoms with Crippen molar-refractivity contribution in [2.24, 2.45) is 16.8 Å². The number of aliphatic hydroxyl groups is 1. The number of aliphatic hydroxyl groups excluding tert-OH is 1. The number of carboxylic acids is 1. The van der Waals surface area contributed by atoms with E-state index in [4.69, 9.17) is 29.8 Å². The number of hydrogen-bond donors (Lipinski definition) is 4. The first-order valence-corrected chi connectivity index (χ1v) is 22.0. The standard InChI is InChI=1S/C45H56F2N10O8/c1-4-40(29(2)58)57-42-41(65-42)56(27-51-57)35-8-6-33(7-9-35)52-17-19-53(20-18-52)34-10-12-36(13-11-34)62-23-31-22-45(63-24-31,37-14-5-32(46)21-38(37)47)25-55-28-54(26-50-55)30(3)64-44(61)49-16-15-39(48)43(59)60/h5-14,21,26-31,39-42,58H,4,15-20,22-25,48H2,1-3H3,(H-,49,59,60,61)/p+1/t29-,30?,31+,39-,40-,41?,42?,45-/m0/s1. The van der Waals surface area contributed by atoms with Crippen molar-refractivity contribution in [1.29, 1.82) is 0 Å². The molecule has 0 bridgehead atoms. The number of carbonyl (C=O) groups excluding carboxylic acids is 1. The molecule has 5 heterocycles. The molecule has 0 spiro atoms. The van der Waals surface area contributed by atoms with Crippen LogP contribution >= 0.6 is 0 Å². The van der Waals surface area contributed by atoms with Crippen LogP contribution < -0.4 is 35.1 Å². The molecule has 4 aliphatic heterocycles. The van der Waals surface area contributed by atoms with Gasteiger partial charge in [0.25, 0.3) is 6.33 Å². The Kier molecular flexibility index (Phi) is 13.7. The summed E-state index contributed by atoms with van der Waals surface area (Å²) in [5.41, 5.74) is 7.72. The number of hydrogen-bond acceptors (Lipinski definition) is 14. The van der Waals surface area contributed by atoms with Gasteiger partial charge in [0.05, 0.1) is 25.4 Å². The second-order valence-corrected chi connectivity index (χ2v) is 17.0. The third-order valence-electron chi connectivity index (χ3n) is 12.5. The molecule has 0 radical (unpaired) electrons. The molecule has 18 nitrogen and oxygen atoms in total. The van der Waals surface area contributed by atoms with Gasteiger partial charge in [0.15, 0.2) is 12.5 Å². The number of piperazine rings is 1. The Bertz CT molecular complexity index is 2300. The number of anilines is 3. The maximum absolute atomic E-state index is 15.4. The van der Waals surface area contributed by atoms with Gasteiger partial charge in [0, 0.05) is 79.4 Å². The van der Waals surface area contributed by atoms with Crippen molar-refractivity contribution in [3.63, 3.8) is 0 Å². The minimum absolute atomic E-state index is 0.0133. The van der Waals surface area contributed by atoms with Gasteiger partial charge in [-0.3, -0.25) is 9.80 Å². The van der Waals surface area contributed by atoms with Crippen LogP contribution in [0.15, 0.2) is 84.5 Å². The van der Waals surface area contributed by atoms with Crippen LogP contribution in [0.2, 0.25) is 0 Å². The van der Waals surface area contributed by atoms with Crippen LogP contribution in [0.3, 0.4) is 0 Å². The largest absolute Gasteiger partial charge is 0.493 e. The number of hydrazone groups is 1. The molecule has 8 atom stereocenters. The van der Waals surface area contributed by atoms with Crippen molar-refractivity contribution in [2.75, 3.05) is 60.6 Å². The molecule has 4 aromatic rings. The van der Waals surface area contributed by atoms with Crippen LogP contribution in [0.5, 0.6) is 5.75 Å². The Labute approximate surface area is 375 Å². The lowest BCUT2D eigenvalue weighted by molar-refractivity contribution is -0.753. The second kappa shape index (κ2) is 19.6. The van der Waals surface area contributed by atoms with Gasteiger partial charge in [0.1, 0.15) is 41.9 Å². The second-order valence-electron chi connectivity index (χ2n) is 17.0. The third-order valence-corrected chi connectivity index (χ3v) is 12.5. The van der Waals surface area contributed by atoms with Crippen molar-refractivity contribution >= 4 is 35.5 Å². The third kappa shape index (κ3) is 10.4. The van der Waals surface area contributed by atoms with E-state index in [9.17, 15) is 19.1 Å². The average Bonchev–Trinajstić information content (AvgIpc) is 3.79. The van der Waals surface area contributed by atoms with E-state index in [1.807, 2.05) is 29.0 Å². The van der Waals surface area contributed by atoms with Gasteiger partial charge in [-0.1, -0.05) is 13.0 Å². The number of alkyl carbamates (subject to hydrolysis) is 1. The van der Waals surface area contributed by atoms with E-state index in [2.05, 4.69) is 61.7 Å². The predicted octanol–water partition coefficient (Wildman–Crippen LogP) is 3.74. The molecule has 4 aliphatic rings. The number of fused-ring (bicyclic) bond motifs is 1. The van der Waals surface area contributed by atoms with Crippen molar-refractivity contribution in [3.05, 3.63) is 96.6 Å². The number of ether oxygens (including phenoxy) is 4. The highest BCUT2D eigenvalue weighted by molar-refractivity contribution is 5.81. The number of rotatable bonds is 18. The van der Waals surface area contributed by atoms with Gasteiger partial charge >= 0.3 is 12.1 Å². The van der Waals surface area contributed by atoms with E-state index in [-0.39, 0.29) is 56.1 Å². The summed E-state index contributed by atoms with van der Waals surface area (Å²) in [5, 5.41) is 32.5. The van der Waals surface area contributed by atoms with Crippen molar-refractivity contribution in [2.45, 2.75) is 89.1 Å². The lowest BCUT2D eigenvalue weighted by Gasteiger charge is -2.37. The number of halogens is 2. The summed E-state index contributed by atoms with van der Waals surface area (Å²) >= 11 is 0. The van der Waals surface area contributed by atoms with Crippen molar-refractivity contribution < 1.29 is 52.1 Å². The van der Waals surface area contributed by atoms with Crippen LogP contribution in [-0.4, -0.2) is 120 Å². The molecule has 1 amide bonds. The lowest BCUT2D eigenvalue weighted by Crippen LogP contribution is -2.47. The van der Waals surface area contributed by atoms with Crippen LogP contribution in [0, 0.1) is 17.6 Å². The smallest absolute Gasteiger partial charge is 0.410 e. The molecule has 0 aliphatic carbocycles. The summed E-state index contributed by atoms with van der Waals surface area (Å²) in [5.74, 6) is -2.05. The minimum atomic E-state index is -1.20. The number of aliphatic carboxylic acids is 1. The summed E-state index contributed by atoms with van der Waals surface area (Å²) in [6.45, 7) is 9.52. The zero-order valence-electron chi connectivity index (χ0n) is 36.7. The number of nitrogens with one attached hydrogen (secondary N) is 1. The van der Waals surface area contributed by atoms with Gasteiger partial charge in [-0.25, -0.2) is 13.6 Å². The van der Waals surface area contributed by atoms with Crippen LogP contribution in [0.4, 0.5) is 30.6 Å². The summed E-state index contributed by atoms with van der Waals surface area (Å²) in [7, 11) is 0. The molecule has 65 heavy (non-hydrogen) atoms. The van der Waals surface area contributed by atoms with Crippen LogP contribution in [0.25, 0.3) is 0 Å². The van der Waals surface area contributed by atoms with E-state index in [0.29, 0.717) is 18.8 Å². The van der Waals surface area contributed by atoms with E-state index < -0.39 is 47.7 Å². The maximum atomic E-state index is 15.4. The SMILES string of the molecule is CC[C@@H]([C@H](C)O)N1N=CN(c2ccc(N3CCN(c4ccc(OC[C@@H]5CO[C@@](Cn6c[n+](C(C)OC(=O)NCC[C@H](N)C(=O)O)cn6)(c6ccc(F)cc6F)C5)cc4)CC3)cc2)C2OC21. The fourth-order valence-corrected chi connectivity index (χ4v) is 8.79. The number of epoxide rings is 1. The topological polar surface area (TPSA) is 200 Å². The fraction of sp³-hybridized carbons (Fsp3) is 0.489. The number of benzene rings is 3. The number of carboxylic acid groups (broad SMARTS) is 1. The molecule has 3 unspecified atom stereocenters. The lowest BCUT2D eigenvalue weighted by atomic mass is 9.87. The average molecular weight is 904 g/mol. The van der Waals surface area contributed by atoms with E-state index in [1.165, 1.54) is 23.0 Å². The molecule has 20 heteroatoms. The zero-order chi connectivity index (χ0) is 45.8. The van der Waals surface area contributed by atoms with Crippen LogP contribution in [-0.2, 0) is 31.2 Å². The molecule has 8 rings (SSSR count). The van der Waals surface area contributed by atoms with Crippen LogP contribution in [0.1, 0.15) is 51.8 Å². The Morgan fingerprint density at radius 1 is 1.00 bits per heavy atom. The molecule has 3 aromatic carbocycles. The van der Waals surface area contributed by atoms with Crippen molar-refractivity contribution in [1.82, 2.24) is 20.1 Å². The minimum Gasteiger partial charge on any atom is -0.493 e. The number of nitrogens with zero attached hydrogens (tertiary/aromatic N) is 8.